The van der Waals surface area contributed by atoms with Crippen LogP contribution in [0.2, 0.25) is 0 Å². The predicted molar refractivity (Wildman–Crippen MR) is 79.2 cm³/mol. The van der Waals surface area contributed by atoms with Gasteiger partial charge in [0.15, 0.2) is 0 Å². The second-order valence-corrected chi connectivity index (χ2v) is 5.98. The largest absolute Gasteiger partial charge is 0.352 e. The molecule has 0 aromatic carbocycles. The number of nitrogens with one attached hydrogen (secondary N) is 2. The Bertz CT molecular complexity index is 449. The second kappa shape index (κ2) is 6.88. The summed E-state index contributed by atoms with van der Waals surface area (Å²) in [5.41, 5.74) is 2.07. The molecule has 1 aliphatic heterocycles. The fraction of sp³-hybridized carbons (Fsp3) is 0.733. The molecule has 2 heterocycles. The van der Waals surface area contributed by atoms with Crippen molar-refractivity contribution in [2.75, 3.05) is 13.1 Å². The van der Waals surface area contributed by atoms with Crippen molar-refractivity contribution < 1.29 is 4.79 Å². The Labute approximate surface area is 121 Å². The van der Waals surface area contributed by atoms with E-state index in [4.69, 9.17) is 0 Å². The summed E-state index contributed by atoms with van der Waals surface area (Å²) in [7, 11) is 1.90. The Balaban J connectivity index is 1.76. The van der Waals surface area contributed by atoms with Crippen LogP contribution in [0.5, 0.6) is 0 Å². The number of aromatic nitrogens is 2. The average Bonchev–Trinajstić information content (AvgIpc) is 2.75. The number of carbonyl (C=O) groups excluding carboxylic acids is 1. The van der Waals surface area contributed by atoms with Gasteiger partial charge in [-0.15, -0.1) is 0 Å². The number of hydrogen-bond acceptors (Lipinski definition) is 3. The molecule has 112 valence electrons. The quantitative estimate of drug-likeness (QED) is 0.855. The maximum atomic E-state index is 12.0. The number of nitrogens with zero attached hydrogens (tertiary/aromatic N) is 2. The third-order valence-corrected chi connectivity index (χ3v) is 4.24. The molecule has 0 saturated carbocycles. The SMILES string of the molecule is Cc1nn(C)cc1CNC(=O)CC(C)C1CCCNC1. The molecule has 0 aliphatic carbocycles. The van der Waals surface area contributed by atoms with Gasteiger partial charge in [-0.05, 0) is 44.7 Å². The molecule has 1 aliphatic rings. The normalized spacial score (nSPS) is 20.6. The average molecular weight is 278 g/mol. The minimum atomic E-state index is 0.145. The smallest absolute Gasteiger partial charge is 0.220 e. The highest BCUT2D eigenvalue weighted by molar-refractivity contribution is 5.76. The zero-order valence-electron chi connectivity index (χ0n) is 12.8. The molecule has 1 fully saturated rings. The summed E-state index contributed by atoms with van der Waals surface area (Å²) in [6.07, 6.45) is 5.05. The van der Waals surface area contributed by atoms with E-state index in [1.807, 2.05) is 20.2 Å². The lowest BCUT2D eigenvalue weighted by Crippen LogP contribution is -2.35. The van der Waals surface area contributed by atoms with E-state index in [1.54, 1.807) is 4.68 Å². The fourth-order valence-corrected chi connectivity index (χ4v) is 2.91. The van der Waals surface area contributed by atoms with E-state index in [0.717, 1.165) is 24.3 Å². The molecule has 2 N–H and O–H groups in total. The van der Waals surface area contributed by atoms with Crippen LogP contribution in [0.25, 0.3) is 0 Å². The van der Waals surface area contributed by atoms with Gasteiger partial charge in [-0.1, -0.05) is 6.92 Å². The Morgan fingerprint density at radius 2 is 2.45 bits per heavy atom. The van der Waals surface area contributed by atoms with Crippen LogP contribution in [0.1, 0.15) is 37.4 Å². The minimum absolute atomic E-state index is 0.145. The van der Waals surface area contributed by atoms with Crippen molar-refractivity contribution in [2.24, 2.45) is 18.9 Å². The zero-order chi connectivity index (χ0) is 14.5. The lowest BCUT2D eigenvalue weighted by molar-refractivity contribution is -0.122. The number of piperidine rings is 1. The first-order valence-electron chi connectivity index (χ1n) is 7.53. The van der Waals surface area contributed by atoms with Crippen LogP contribution in [0.15, 0.2) is 6.20 Å². The summed E-state index contributed by atoms with van der Waals surface area (Å²) >= 11 is 0. The molecule has 1 amide bonds. The highest BCUT2D eigenvalue weighted by atomic mass is 16.1. The number of amides is 1. The lowest BCUT2D eigenvalue weighted by atomic mass is 9.85. The molecule has 20 heavy (non-hydrogen) atoms. The Kier molecular flexibility index (Phi) is 5.17. The van der Waals surface area contributed by atoms with Crippen LogP contribution >= 0.6 is 0 Å². The van der Waals surface area contributed by atoms with Gasteiger partial charge in [0.25, 0.3) is 0 Å². The Hall–Kier alpha value is -1.36. The van der Waals surface area contributed by atoms with Crippen molar-refractivity contribution in [1.29, 1.82) is 0 Å². The number of carbonyl (C=O) groups is 1. The van der Waals surface area contributed by atoms with Crippen molar-refractivity contribution in [2.45, 2.75) is 39.7 Å². The van der Waals surface area contributed by atoms with Gasteiger partial charge in [0.05, 0.1) is 5.69 Å². The van der Waals surface area contributed by atoms with Gasteiger partial charge < -0.3 is 10.6 Å². The zero-order valence-corrected chi connectivity index (χ0v) is 12.8. The van der Waals surface area contributed by atoms with Crippen molar-refractivity contribution >= 4 is 5.91 Å². The van der Waals surface area contributed by atoms with Gasteiger partial charge in [0, 0.05) is 31.8 Å². The summed E-state index contributed by atoms with van der Waals surface area (Å²) < 4.78 is 1.78. The van der Waals surface area contributed by atoms with Crippen LogP contribution < -0.4 is 10.6 Å². The van der Waals surface area contributed by atoms with Crippen LogP contribution in [-0.4, -0.2) is 28.8 Å². The third-order valence-electron chi connectivity index (χ3n) is 4.24. The van der Waals surface area contributed by atoms with Gasteiger partial charge in [-0.25, -0.2) is 0 Å². The van der Waals surface area contributed by atoms with Gasteiger partial charge >= 0.3 is 0 Å². The summed E-state index contributed by atoms with van der Waals surface area (Å²) in [5, 5.41) is 10.7. The van der Waals surface area contributed by atoms with Crippen molar-refractivity contribution in [1.82, 2.24) is 20.4 Å². The van der Waals surface area contributed by atoms with Crippen LogP contribution in [0.4, 0.5) is 0 Å². The van der Waals surface area contributed by atoms with E-state index in [2.05, 4.69) is 22.7 Å². The van der Waals surface area contributed by atoms with Gasteiger partial charge in [0.1, 0.15) is 0 Å². The van der Waals surface area contributed by atoms with Gasteiger partial charge in [-0.2, -0.15) is 5.10 Å². The first-order valence-corrected chi connectivity index (χ1v) is 7.53. The molecule has 1 saturated heterocycles. The monoisotopic (exact) mass is 278 g/mol. The van der Waals surface area contributed by atoms with E-state index >= 15 is 0 Å². The first kappa shape index (κ1) is 15.0. The third kappa shape index (κ3) is 4.07. The summed E-state index contributed by atoms with van der Waals surface area (Å²) in [6.45, 7) is 6.91. The van der Waals surface area contributed by atoms with Crippen molar-refractivity contribution in [3.05, 3.63) is 17.5 Å². The number of aryl methyl sites for hydroxylation is 2. The number of rotatable bonds is 5. The van der Waals surface area contributed by atoms with Crippen molar-refractivity contribution in [3.8, 4) is 0 Å². The molecule has 5 nitrogen and oxygen atoms in total. The molecule has 1 aromatic rings. The summed E-state index contributed by atoms with van der Waals surface area (Å²) in [6, 6.07) is 0. The van der Waals surface area contributed by atoms with Crippen molar-refractivity contribution in [3.63, 3.8) is 0 Å². The van der Waals surface area contributed by atoms with E-state index < -0.39 is 0 Å². The van der Waals surface area contributed by atoms with E-state index in [-0.39, 0.29) is 5.91 Å². The number of hydrogen-bond donors (Lipinski definition) is 2. The Morgan fingerprint density at radius 3 is 3.05 bits per heavy atom. The molecule has 1 aromatic heterocycles. The topological polar surface area (TPSA) is 59.0 Å². The first-order chi connectivity index (χ1) is 9.56. The molecule has 0 bridgehead atoms. The molecule has 0 spiro atoms. The molecule has 2 rings (SSSR count). The molecule has 2 unspecified atom stereocenters. The molecule has 2 atom stereocenters. The van der Waals surface area contributed by atoms with Crippen LogP contribution in [0, 0.1) is 18.8 Å². The maximum absolute atomic E-state index is 12.0. The van der Waals surface area contributed by atoms with E-state index in [9.17, 15) is 4.79 Å². The van der Waals surface area contributed by atoms with Crippen LogP contribution in [0.3, 0.4) is 0 Å². The maximum Gasteiger partial charge on any atom is 0.220 e. The predicted octanol–water partition coefficient (Wildman–Crippen LogP) is 1.37. The summed E-state index contributed by atoms with van der Waals surface area (Å²) in [4.78, 5) is 12.0. The Morgan fingerprint density at radius 1 is 1.65 bits per heavy atom. The minimum Gasteiger partial charge on any atom is -0.352 e. The standard InChI is InChI=1S/C15H26N4O/c1-11(13-5-4-6-16-8-13)7-15(20)17-9-14-10-19(3)18-12(14)2/h10-11,13,16H,4-9H2,1-3H3,(H,17,20). The van der Waals surface area contributed by atoms with E-state index in [0.29, 0.717) is 24.8 Å². The fourth-order valence-electron chi connectivity index (χ4n) is 2.91. The van der Waals surface area contributed by atoms with E-state index in [1.165, 1.54) is 12.8 Å². The highest BCUT2D eigenvalue weighted by Crippen LogP contribution is 2.22. The molecule has 5 heteroatoms. The highest BCUT2D eigenvalue weighted by Gasteiger charge is 2.21. The van der Waals surface area contributed by atoms with Crippen LogP contribution in [-0.2, 0) is 18.4 Å². The molecular formula is C15H26N4O. The van der Waals surface area contributed by atoms with Gasteiger partial charge in [-0.3, -0.25) is 9.48 Å². The molecular weight excluding hydrogens is 252 g/mol. The van der Waals surface area contributed by atoms with Gasteiger partial charge in [0.2, 0.25) is 5.91 Å². The lowest BCUT2D eigenvalue weighted by Gasteiger charge is -2.28. The molecule has 0 radical (unpaired) electrons. The summed E-state index contributed by atoms with van der Waals surface area (Å²) in [5.74, 6) is 1.22. The second-order valence-electron chi connectivity index (χ2n) is 5.98.